The number of nitrogens with zero attached hydrogens (tertiary/aromatic N) is 3. The van der Waals surface area contributed by atoms with E-state index in [1.165, 1.54) is 0 Å². The molecule has 9 nitrogen and oxygen atoms in total. The number of aromatic hydroxyl groups is 1. The summed E-state index contributed by atoms with van der Waals surface area (Å²) in [4.78, 5) is 32.4. The molecule has 0 aliphatic carbocycles. The molecule has 204 valence electrons. The van der Waals surface area contributed by atoms with E-state index >= 15 is 0 Å². The summed E-state index contributed by atoms with van der Waals surface area (Å²) in [5, 5.41) is 23.8. The Hall–Kier alpha value is -4.87. The molecular formula is C27H26F3N5O4. The fraction of sp³-hybridized carbons (Fsp3) is 0.185. The number of carbonyl (C=O) groups excluding carboxylic acids is 1. The highest BCUT2D eigenvalue weighted by Crippen LogP contribution is 2.24. The Morgan fingerprint density at radius 2 is 1.59 bits per heavy atom. The predicted octanol–water partition coefficient (Wildman–Crippen LogP) is 4.83. The number of phenolic OH excluding ortho intramolecular Hbond substituents is 1. The van der Waals surface area contributed by atoms with Crippen LogP contribution in [0.3, 0.4) is 0 Å². The maximum Gasteiger partial charge on any atom is 0.490 e. The lowest BCUT2D eigenvalue weighted by molar-refractivity contribution is -0.192. The van der Waals surface area contributed by atoms with Crippen molar-refractivity contribution in [3.8, 4) is 5.75 Å². The minimum absolute atomic E-state index is 0.137. The fourth-order valence-electron chi connectivity index (χ4n) is 3.42. The second-order valence-corrected chi connectivity index (χ2v) is 8.53. The monoisotopic (exact) mass is 541 g/mol. The van der Waals surface area contributed by atoms with Gasteiger partial charge in [-0.1, -0.05) is 36.4 Å². The van der Waals surface area contributed by atoms with Gasteiger partial charge in [0, 0.05) is 31.7 Å². The number of nitrogens with one attached hydrogen (secondary N) is 2. The number of aliphatic carboxylic acids is 1. The van der Waals surface area contributed by atoms with Gasteiger partial charge in [0.15, 0.2) is 0 Å². The third-order valence-corrected chi connectivity index (χ3v) is 5.21. The van der Waals surface area contributed by atoms with Crippen molar-refractivity contribution in [3.63, 3.8) is 0 Å². The molecule has 39 heavy (non-hydrogen) atoms. The van der Waals surface area contributed by atoms with Gasteiger partial charge in [0.2, 0.25) is 11.9 Å². The summed E-state index contributed by atoms with van der Waals surface area (Å²) >= 11 is 0. The van der Waals surface area contributed by atoms with Crippen LogP contribution < -0.4 is 15.5 Å². The van der Waals surface area contributed by atoms with Crippen molar-refractivity contribution in [2.45, 2.75) is 19.1 Å². The van der Waals surface area contributed by atoms with E-state index in [-0.39, 0.29) is 18.1 Å². The van der Waals surface area contributed by atoms with E-state index in [1.54, 1.807) is 18.2 Å². The van der Waals surface area contributed by atoms with Crippen LogP contribution >= 0.6 is 0 Å². The van der Waals surface area contributed by atoms with Gasteiger partial charge in [0.1, 0.15) is 11.6 Å². The number of aromatic nitrogens is 2. The smallest absolute Gasteiger partial charge is 0.490 e. The molecule has 1 aromatic heterocycles. The molecule has 4 aromatic rings. The average molecular weight is 542 g/mol. The first kappa shape index (κ1) is 28.7. The molecule has 0 aliphatic rings. The lowest BCUT2D eigenvalue weighted by atomic mass is 10.1. The van der Waals surface area contributed by atoms with E-state index in [0.29, 0.717) is 12.5 Å². The number of benzene rings is 3. The quantitative estimate of drug-likeness (QED) is 0.262. The molecule has 4 rings (SSSR count). The molecule has 0 atom stereocenters. The van der Waals surface area contributed by atoms with Crippen LogP contribution in [0, 0.1) is 0 Å². The standard InChI is InChI=1S/C25H25N5O2.C2HF3O2/c1-30(2)24-21-8-3-4-9-22(21)28-25(29-24)26-16-17-10-12-19(13-11-17)27-23(32)15-18-6-5-7-20(31)14-18;3-2(4,5)1(6)7/h3-14,31H,15-16H2,1-2H3,(H,27,32)(H,26,28,29);(H,6,7). The summed E-state index contributed by atoms with van der Waals surface area (Å²) in [5.41, 5.74) is 3.41. The van der Waals surface area contributed by atoms with Crippen molar-refractivity contribution in [3.05, 3.63) is 83.9 Å². The zero-order chi connectivity index (χ0) is 28.6. The van der Waals surface area contributed by atoms with Gasteiger partial charge >= 0.3 is 12.1 Å². The van der Waals surface area contributed by atoms with E-state index in [0.717, 1.165) is 33.5 Å². The summed E-state index contributed by atoms with van der Waals surface area (Å²) < 4.78 is 31.7. The highest BCUT2D eigenvalue weighted by atomic mass is 19.4. The van der Waals surface area contributed by atoms with Crippen LogP contribution in [0.15, 0.2) is 72.8 Å². The molecule has 0 bridgehead atoms. The number of fused-ring (bicyclic) bond motifs is 1. The van der Waals surface area contributed by atoms with Crippen molar-refractivity contribution in [1.29, 1.82) is 0 Å². The average Bonchev–Trinajstić information content (AvgIpc) is 2.87. The number of carbonyl (C=O) groups is 2. The van der Waals surface area contributed by atoms with Crippen molar-refractivity contribution in [1.82, 2.24) is 9.97 Å². The minimum Gasteiger partial charge on any atom is -0.508 e. The molecule has 0 saturated heterocycles. The normalized spacial score (nSPS) is 10.8. The van der Waals surface area contributed by atoms with Crippen molar-refractivity contribution in [2.24, 2.45) is 0 Å². The highest BCUT2D eigenvalue weighted by molar-refractivity contribution is 5.92. The number of carboxylic acid groups (broad SMARTS) is 1. The van der Waals surface area contributed by atoms with Crippen LogP contribution in [0.1, 0.15) is 11.1 Å². The molecule has 0 fully saturated rings. The van der Waals surface area contributed by atoms with Gasteiger partial charge in [-0.3, -0.25) is 4.79 Å². The summed E-state index contributed by atoms with van der Waals surface area (Å²) in [5.74, 6) is -1.31. The van der Waals surface area contributed by atoms with Crippen LogP contribution in [0.4, 0.5) is 30.6 Å². The minimum atomic E-state index is -5.08. The number of para-hydroxylation sites is 1. The zero-order valence-corrected chi connectivity index (χ0v) is 21.0. The van der Waals surface area contributed by atoms with E-state index in [2.05, 4.69) is 20.6 Å². The van der Waals surface area contributed by atoms with Gasteiger partial charge in [0.25, 0.3) is 0 Å². The number of rotatable bonds is 7. The number of anilines is 3. The van der Waals surface area contributed by atoms with Crippen LogP contribution in [-0.4, -0.2) is 52.3 Å². The summed E-state index contributed by atoms with van der Waals surface area (Å²) in [7, 11) is 3.93. The number of hydrogen-bond acceptors (Lipinski definition) is 7. The van der Waals surface area contributed by atoms with Crippen molar-refractivity contribution >= 4 is 40.2 Å². The third kappa shape index (κ3) is 8.59. The predicted molar refractivity (Wildman–Crippen MR) is 142 cm³/mol. The number of phenols is 1. The van der Waals surface area contributed by atoms with Gasteiger partial charge in [-0.15, -0.1) is 0 Å². The molecule has 0 saturated carbocycles. The van der Waals surface area contributed by atoms with E-state index in [9.17, 15) is 23.1 Å². The summed E-state index contributed by atoms with van der Waals surface area (Å²) in [6, 6.07) is 22.3. The Kier molecular flexibility index (Phi) is 9.26. The molecule has 0 spiro atoms. The molecule has 0 radical (unpaired) electrons. The lowest BCUT2D eigenvalue weighted by Crippen LogP contribution is -2.21. The second kappa shape index (κ2) is 12.6. The Balaban J connectivity index is 0.000000532. The Bertz CT molecular complexity index is 1440. The van der Waals surface area contributed by atoms with Gasteiger partial charge in [-0.25, -0.2) is 9.78 Å². The third-order valence-electron chi connectivity index (χ3n) is 5.21. The number of amides is 1. The molecule has 12 heteroatoms. The van der Waals surface area contributed by atoms with Gasteiger partial charge in [-0.2, -0.15) is 18.2 Å². The first-order valence-electron chi connectivity index (χ1n) is 11.6. The first-order chi connectivity index (χ1) is 18.4. The number of halogens is 3. The summed E-state index contributed by atoms with van der Waals surface area (Å²) in [6.45, 7) is 0.558. The first-order valence-corrected chi connectivity index (χ1v) is 11.6. The van der Waals surface area contributed by atoms with E-state index < -0.39 is 12.1 Å². The van der Waals surface area contributed by atoms with Gasteiger partial charge in [-0.05, 0) is 47.5 Å². The molecular weight excluding hydrogens is 515 g/mol. The zero-order valence-electron chi connectivity index (χ0n) is 21.0. The highest BCUT2D eigenvalue weighted by Gasteiger charge is 2.38. The fourth-order valence-corrected chi connectivity index (χ4v) is 3.42. The SMILES string of the molecule is CN(C)c1nc(NCc2ccc(NC(=O)Cc3cccc(O)c3)cc2)nc2ccccc12.O=C(O)C(F)(F)F. The molecule has 1 heterocycles. The Morgan fingerprint density at radius 3 is 2.21 bits per heavy atom. The Morgan fingerprint density at radius 1 is 0.923 bits per heavy atom. The lowest BCUT2D eigenvalue weighted by Gasteiger charge is -2.16. The Labute approximate surface area is 221 Å². The van der Waals surface area contributed by atoms with Crippen molar-refractivity contribution in [2.75, 3.05) is 29.6 Å². The molecule has 1 amide bonds. The maximum absolute atomic E-state index is 12.3. The number of hydrogen-bond donors (Lipinski definition) is 4. The topological polar surface area (TPSA) is 128 Å². The summed E-state index contributed by atoms with van der Waals surface area (Å²) in [6.07, 6.45) is -4.88. The maximum atomic E-state index is 12.3. The van der Waals surface area contributed by atoms with Crippen LogP contribution in [0.25, 0.3) is 10.9 Å². The van der Waals surface area contributed by atoms with E-state index in [4.69, 9.17) is 9.90 Å². The van der Waals surface area contributed by atoms with Crippen LogP contribution in [0.5, 0.6) is 5.75 Å². The van der Waals surface area contributed by atoms with Gasteiger partial charge < -0.3 is 25.7 Å². The van der Waals surface area contributed by atoms with Crippen molar-refractivity contribution < 1.29 is 33.0 Å². The largest absolute Gasteiger partial charge is 0.508 e. The molecule has 4 N–H and O–H groups in total. The van der Waals surface area contributed by atoms with Gasteiger partial charge in [0.05, 0.1) is 11.9 Å². The van der Waals surface area contributed by atoms with Crippen LogP contribution in [-0.2, 0) is 22.6 Å². The molecule has 0 unspecified atom stereocenters. The second-order valence-electron chi connectivity index (χ2n) is 8.53. The molecule has 0 aliphatic heterocycles. The van der Waals surface area contributed by atoms with Crippen LogP contribution in [0.2, 0.25) is 0 Å². The number of alkyl halides is 3. The number of carboxylic acids is 1. The molecule has 3 aromatic carbocycles. The van der Waals surface area contributed by atoms with E-state index in [1.807, 2.05) is 73.6 Å².